The quantitative estimate of drug-likeness (QED) is 0.367. The highest BCUT2D eigenvalue weighted by Gasteiger charge is 2.21. The molecule has 4 rings (SSSR count). The van der Waals surface area contributed by atoms with Crippen LogP contribution in [-0.4, -0.2) is 74.2 Å². The Labute approximate surface area is 201 Å². The molecule has 0 spiro atoms. The number of thiazole rings is 1. The van der Waals surface area contributed by atoms with E-state index >= 15 is 0 Å². The molecule has 1 amide bonds. The van der Waals surface area contributed by atoms with Crippen molar-refractivity contribution in [2.45, 2.75) is 11.8 Å². The molecule has 1 aromatic heterocycles. The third-order valence-electron chi connectivity index (χ3n) is 5.78. The van der Waals surface area contributed by atoms with E-state index in [0.717, 1.165) is 41.5 Å². The number of nitrogens with one attached hydrogen (secondary N) is 1. The van der Waals surface area contributed by atoms with E-state index in [-0.39, 0.29) is 22.2 Å². The van der Waals surface area contributed by atoms with E-state index in [1.807, 2.05) is 0 Å². The molecule has 0 bridgehead atoms. The Morgan fingerprint density at radius 1 is 1.15 bits per heavy atom. The van der Waals surface area contributed by atoms with Crippen molar-refractivity contribution in [2.75, 3.05) is 49.9 Å². The molecule has 2 aromatic carbocycles. The number of amides is 1. The molecule has 0 saturated carbocycles. The van der Waals surface area contributed by atoms with Gasteiger partial charge in [-0.15, -0.1) is 0 Å². The summed E-state index contributed by atoms with van der Waals surface area (Å²) in [5.74, 6) is -0.213. The highest BCUT2D eigenvalue weighted by Crippen LogP contribution is 2.31. The summed E-state index contributed by atoms with van der Waals surface area (Å²) in [4.78, 5) is 32.2. The van der Waals surface area contributed by atoms with Crippen LogP contribution < -0.4 is 10.2 Å². The van der Waals surface area contributed by atoms with Gasteiger partial charge in [-0.2, -0.15) is 0 Å². The summed E-state index contributed by atoms with van der Waals surface area (Å²) >= 11 is 1.46. The summed E-state index contributed by atoms with van der Waals surface area (Å²) in [6.07, 6.45) is 0. The number of hydrogen-bond donors (Lipinski definition) is 1. The highest BCUT2D eigenvalue weighted by atomic mass is 32.2. The van der Waals surface area contributed by atoms with Crippen molar-refractivity contribution in [2.24, 2.45) is 0 Å². The lowest BCUT2D eigenvalue weighted by Gasteiger charge is -2.34. The number of carbonyl (C=O) groups is 1. The van der Waals surface area contributed by atoms with Crippen LogP contribution in [0.1, 0.15) is 17.3 Å². The summed E-state index contributed by atoms with van der Waals surface area (Å²) in [5, 5.41) is 14.7. The van der Waals surface area contributed by atoms with Gasteiger partial charge in [0.05, 0.1) is 25.8 Å². The summed E-state index contributed by atoms with van der Waals surface area (Å²) in [5.41, 5.74) is 1.25. The second-order valence-electron chi connectivity index (χ2n) is 7.92. The maximum atomic E-state index is 12.4. The van der Waals surface area contributed by atoms with Crippen molar-refractivity contribution in [3.8, 4) is 0 Å². The van der Waals surface area contributed by atoms with Crippen molar-refractivity contribution in [1.29, 1.82) is 0 Å². The van der Waals surface area contributed by atoms with Crippen LogP contribution in [0.5, 0.6) is 0 Å². The SMILES string of the molecule is CCS(=O)(=O)c1ccc(C(=O)NCCN2CCN(c3nc4ccc([N+](=O)[O-])cc4s3)CC2)cc1. The number of non-ortho nitro benzene ring substituents is 1. The minimum absolute atomic E-state index is 0.0211. The molecule has 3 aromatic rings. The van der Waals surface area contributed by atoms with Gasteiger partial charge < -0.3 is 10.2 Å². The van der Waals surface area contributed by atoms with Crippen molar-refractivity contribution in [3.63, 3.8) is 0 Å². The van der Waals surface area contributed by atoms with Gasteiger partial charge >= 0.3 is 0 Å². The Kier molecular flexibility index (Phi) is 7.10. The number of nitro benzene ring substituents is 1. The van der Waals surface area contributed by atoms with E-state index in [1.165, 1.54) is 41.7 Å². The first-order chi connectivity index (χ1) is 16.3. The van der Waals surface area contributed by atoms with Crippen LogP contribution in [0.25, 0.3) is 10.2 Å². The number of sulfone groups is 1. The van der Waals surface area contributed by atoms with Gasteiger partial charge in [0.2, 0.25) is 0 Å². The zero-order valence-corrected chi connectivity index (χ0v) is 20.3. The van der Waals surface area contributed by atoms with Crippen LogP contribution in [0.2, 0.25) is 0 Å². The van der Waals surface area contributed by atoms with E-state index in [4.69, 9.17) is 0 Å². The molecule has 12 heteroatoms. The first-order valence-electron chi connectivity index (χ1n) is 10.9. The largest absolute Gasteiger partial charge is 0.351 e. The summed E-state index contributed by atoms with van der Waals surface area (Å²) in [7, 11) is -3.28. The molecule has 0 radical (unpaired) electrons. The lowest BCUT2D eigenvalue weighted by molar-refractivity contribution is -0.384. The van der Waals surface area contributed by atoms with Crippen LogP contribution in [0.3, 0.4) is 0 Å². The standard InChI is InChI=1S/C22H25N5O5S2/c1-2-34(31,32)18-6-3-16(4-7-18)21(28)23-9-10-25-11-13-26(14-12-25)22-24-19-8-5-17(27(29)30)15-20(19)33-22/h3-8,15H,2,9-14H2,1H3,(H,23,28). The summed E-state index contributed by atoms with van der Waals surface area (Å²) in [6.45, 7) is 5.97. The Bertz CT molecular complexity index is 1300. The topological polar surface area (TPSA) is 126 Å². The molecule has 34 heavy (non-hydrogen) atoms. The molecular weight excluding hydrogens is 478 g/mol. The van der Waals surface area contributed by atoms with Crippen molar-refractivity contribution >= 4 is 48.1 Å². The Morgan fingerprint density at radius 3 is 2.50 bits per heavy atom. The van der Waals surface area contributed by atoms with Crippen LogP contribution in [0.4, 0.5) is 10.8 Å². The number of piperazine rings is 1. The van der Waals surface area contributed by atoms with E-state index in [0.29, 0.717) is 18.7 Å². The Morgan fingerprint density at radius 2 is 1.85 bits per heavy atom. The van der Waals surface area contributed by atoms with Crippen molar-refractivity contribution in [3.05, 3.63) is 58.1 Å². The highest BCUT2D eigenvalue weighted by molar-refractivity contribution is 7.91. The summed E-state index contributed by atoms with van der Waals surface area (Å²) < 4.78 is 24.6. The van der Waals surface area contributed by atoms with Crippen molar-refractivity contribution < 1.29 is 18.1 Å². The maximum Gasteiger partial charge on any atom is 0.270 e. The zero-order chi connectivity index (χ0) is 24.3. The van der Waals surface area contributed by atoms with Crippen LogP contribution in [-0.2, 0) is 9.84 Å². The molecule has 1 aliphatic heterocycles. The minimum atomic E-state index is -3.28. The van der Waals surface area contributed by atoms with Gasteiger partial charge in [0.25, 0.3) is 11.6 Å². The minimum Gasteiger partial charge on any atom is -0.351 e. The number of benzene rings is 2. The monoisotopic (exact) mass is 503 g/mol. The Balaban J connectivity index is 1.25. The van der Waals surface area contributed by atoms with Crippen molar-refractivity contribution in [1.82, 2.24) is 15.2 Å². The third-order valence-corrected chi connectivity index (χ3v) is 8.61. The predicted octanol–water partition coefficient (Wildman–Crippen LogP) is 2.55. The van der Waals surface area contributed by atoms with Gasteiger partial charge in [-0.1, -0.05) is 18.3 Å². The molecule has 0 atom stereocenters. The lowest BCUT2D eigenvalue weighted by Crippen LogP contribution is -2.48. The van der Waals surface area contributed by atoms with E-state index in [2.05, 4.69) is 20.1 Å². The molecule has 1 aliphatic rings. The summed E-state index contributed by atoms with van der Waals surface area (Å²) in [6, 6.07) is 10.7. The van der Waals surface area contributed by atoms with Crippen LogP contribution in [0.15, 0.2) is 47.4 Å². The first kappa shape index (κ1) is 24.0. The fourth-order valence-electron chi connectivity index (χ4n) is 3.72. The molecule has 180 valence electrons. The number of nitrogens with zero attached hydrogens (tertiary/aromatic N) is 4. The number of rotatable bonds is 8. The molecule has 1 fully saturated rings. The second kappa shape index (κ2) is 10.0. The fourth-order valence-corrected chi connectivity index (χ4v) is 5.66. The van der Waals surface area contributed by atoms with Gasteiger partial charge in [-0.05, 0) is 30.3 Å². The molecule has 0 unspecified atom stereocenters. The molecule has 2 heterocycles. The molecule has 1 N–H and O–H groups in total. The van der Waals surface area contributed by atoms with Gasteiger partial charge in [0.1, 0.15) is 0 Å². The number of fused-ring (bicyclic) bond motifs is 1. The average molecular weight is 504 g/mol. The zero-order valence-electron chi connectivity index (χ0n) is 18.6. The number of anilines is 1. The smallest absolute Gasteiger partial charge is 0.270 e. The van der Waals surface area contributed by atoms with Gasteiger partial charge in [-0.25, -0.2) is 13.4 Å². The molecule has 0 aliphatic carbocycles. The Hall–Kier alpha value is -3.09. The van der Waals surface area contributed by atoms with E-state index in [9.17, 15) is 23.3 Å². The predicted molar refractivity (Wildman–Crippen MR) is 131 cm³/mol. The van der Waals surface area contributed by atoms with Crippen LogP contribution >= 0.6 is 11.3 Å². The second-order valence-corrected chi connectivity index (χ2v) is 11.2. The number of hydrogen-bond acceptors (Lipinski definition) is 9. The van der Waals surface area contributed by atoms with Gasteiger partial charge in [-0.3, -0.25) is 19.8 Å². The molecular formula is C22H25N5O5S2. The number of aromatic nitrogens is 1. The van der Waals surface area contributed by atoms with E-state index < -0.39 is 14.8 Å². The third kappa shape index (κ3) is 5.34. The molecule has 10 nitrogen and oxygen atoms in total. The normalized spacial score (nSPS) is 14.9. The van der Waals surface area contributed by atoms with Crippen LogP contribution in [0, 0.1) is 10.1 Å². The van der Waals surface area contributed by atoms with E-state index in [1.54, 1.807) is 19.1 Å². The lowest BCUT2D eigenvalue weighted by atomic mass is 10.2. The molecule has 1 saturated heterocycles. The first-order valence-corrected chi connectivity index (χ1v) is 13.4. The number of carbonyl (C=O) groups excluding carboxylic acids is 1. The fraction of sp³-hybridized carbons (Fsp3) is 0.364. The van der Waals surface area contributed by atoms with Gasteiger partial charge in [0.15, 0.2) is 15.0 Å². The van der Waals surface area contributed by atoms with Gasteiger partial charge in [0, 0.05) is 57.0 Å². The maximum absolute atomic E-state index is 12.4. The average Bonchev–Trinajstić information content (AvgIpc) is 3.28. The number of nitro groups is 1.